The lowest BCUT2D eigenvalue weighted by atomic mass is 9.87. The highest BCUT2D eigenvalue weighted by atomic mass is 16.5. The molecule has 0 saturated carbocycles. The minimum atomic E-state index is -0.234. The standard InChI is InChI=1S/C28H37N3O4/c1-28(2)17-22(9-14-34-28)27(32)31-13-15-33-26-6-5-21(16-23(26)20-31)19-30-11-7-24(8-12-30)35-25-4-3-10-29-18-25/h3-6,10,16,18,22,24H,7-9,11-15,17,19-20H2,1-2H3. The second kappa shape index (κ2) is 10.5. The van der Waals surface area contributed by atoms with Crippen molar-refractivity contribution in [3.63, 3.8) is 0 Å². The molecule has 0 bridgehead atoms. The molecule has 0 spiro atoms. The van der Waals surface area contributed by atoms with E-state index in [1.165, 1.54) is 5.56 Å². The van der Waals surface area contributed by atoms with Gasteiger partial charge in [-0.15, -0.1) is 0 Å². The van der Waals surface area contributed by atoms with Crippen LogP contribution >= 0.6 is 0 Å². The monoisotopic (exact) mass is 479 g/mol. The number of hydrogen-bond donors (Lipinski definition) is 0. The maximum absolute atomic E-state index is 13.4. The van der Waals surface area contributed by atoms with Gasteiger partial charge in [0.25, 0.3) is 0 Å². The van der Waals surface area contributed by atoms with Crippen LogP contribution in [-0.2, 0) is 22.6 Å². The van der Waals surface area contributed by atoms with Gasteiger partial charge in [0, 0.05) is 50.5 Å². The molecule has 2 aromatic rings. The van der Waals surface area contributed by atoms with Crippen molar-refractivity contribution in [1.82, 2.24) is 14.8 Å². The van der Waals surface area contributed by atoms with Crippen LogP contribution in [0.1, 0.15) is 50.7 Å². The van der Waals surface area contributed by atoms with Crippen LogP contribution in [0.25, 0.3) is 0 Å². The van der Waals surface area contributed by atoms with E-state index in [1.807, 2.05) is 17.0 Å². The Morgan fingerprint density at radius 2 is 2.00 bits per heavy atom. The van der Waals surface area contributed by atoms with E-state index >= 15 is 0 Å². The molecule has 1 atom stereocenters. The normalized spacial score (nSPS) is 23.1. The summed E-state index contributed by atoms with van der Waals surface area (Å²) >= 11 is 0. The Morgan fingerprint density at radius 1 is 1.14 bits per heavy atom. The van der Waals surface area contributed by atoms with E-state index in [-0.39, 0.29) is 23.5 Å². The van der Waals surface area contributed by atoms with Gasteiger partial charge >= 0.3 is 0 Å². The summed E-state index contributed by atoms with van der Waals surface area (Å²) in [7, 11) is 0. The number of carbonyl (C=O) groups is 1. The van der Waals surface area contributed by atoms with E-state index < -0.39 is 0 Å². The van der Waals surface area contributed by atoms with Crippen LogP contribution in [0.5, 0.6) is 11.5 Å². The predicted molar refractivity (Wildman–Crippen MR) is 133 cm³/mol. The molecule has 3 aliphatic heterocycles. The summed E-state index contributed by atoms with van der Waals surface area (Å²) in [5.74, 6) is 2.01. The third kappa shape index (κ3) is 6.14. The highest BCUT2D eigenvalue weighted by Gasteiger charge is 2.35. The lowest BCUT2D eigenvalue weighted by molar-refractivity contribution is -0.146. The van der Waals surface area contributed by atoms with Gasteiger partial charge in [-0.1, -0.05) is 6.07 Å². The number of hydrogen-bond acceptors (Lipinski definition) is 6. The van der Waals surface area contributed by atoms with Crippen LogP contribution in [0.3, 0.4) is 0 Å². The van der Waals surface area contributed by atoms with Crippen molar-refractivity contribution in [2.75, 3.05) is 32.8 Å². The molecule has 5 rings (SSSR count). The van der Waals surface area contributed by atoms with Crippen LogP contribution in [-0.4, -0.2) is 65.2 Å². The van der Waals surface area contributed by atoms with Gasteiger partial charge in [-0.05, 0) is 69.4 Å². The van der Waals surface area contributed by atoms with Gasteiger partial charge < -0.3 is 19.1 Å². The van der Waals surface area contributed by atoms with Crippen LogP contribution in [0.2, 0.25) is 0 Å². The number of fused-ring (bicyclic) bond motifs is 1. The van der Waals surface area contributed by atoms with E-state index in [4.69, 9.17) is 14.2 Å². The van der Waals surface area contributed by atoms with Crippen LogP contribution in [0, 0.1) is 5.92 Å². The smallest absolute Gasteiger partial charge is 0.226 e. The summed E-state index contributed by atoms with van der Waals surface area (Å²) in [5.41, 5.74) is 2.14. The molecule has 3 aliphatic rings. The van der Waals surface area contributed by atoms with Crippen molar-refractivity contribution >= 4 is 5.91 Å². The van der Waals surface area contributed by atoms with Crippen molar-refractivity contribution in [1.29, 1.82) is 0 Å². The average molecular weight is 480 g/mol. The Balaban J connectivity index is 1.18. The lowest BCUT2D eigenvalue weighted by Gasteiger charge is -2.36. The zero-order valence-corrected chi connectivity index (χ0v) is 20.9. The molecule has 0 aliphatic carbocycles. The fraction of sp³-hybridized carbons (Fsp3) is 0.571. The van der Waals surface area contributed by atoms with E-state index in [0.29, 0.717) is 26.3 Å². The highest BCUT2D eigenvalue weighted by molar-refractivity contribution is 5.79. The fourth-order valence-electron chi connectivity index (χ4n) is 5.49. The first kappa shape index (κ1) is 24.1. The summed E-state index contributed by atoms with van der Waals surface area (Å²) in [4.78, 5) is 22.0. The number of aromatic nitrogens is 1. The Kier molecular flexibility index (Phi) is 7.25. The van der Waals surface area contributed by atoms with Crippen LogP contribution < -0.4 is 9.47 Å². The minimum absolute atomic E-state index is 0.0265. The second-order valence-electron chi connectivity index (χ2n) is 10.6. The van der Waals surface area contributed by atoms with Crippen molar-refractivity contribution in [3.05, 3.63) is 53.9 Å². The molecular formula is C28H37N3O4. The van der Waals surface area contributed by atoms with Gasteiger partial charge in [-0.25, -0.2) is 0 Å². The van der Waals surface area contributed by atoms with Crippen molar-refractivity contribution in [2.45, 2.75) is 64.3 Å². The summed E-state index contributed by atoms with van der Waals surface area (Å²) < 4.78 is 17.9. The van der Waals surface area contributed by atoms with Crippen molar-refractivity contribution < 1.29 is 19.0 Å². The number of nitrogens with zero attached hydrogens (tertiary/aromatic N) is 3. The molecule has 2 saturated heterocycles. The van der Waals surface area contributed by atoms with E-state index in [2.05, 4.69) is 41.9 Å². The zero-order chi connectivity index (χ0) is 24.3. The van der Waals surface area contributed by atoms with Crippen LogP contribution in [0.15, 0.2) is 42.7 Å². The number of benzene rings is 1. The summed E-state index contributed by atoms with van der Waals surface area (Å²) in [6.45, 7) is 9.49. The lowest BCUT2D eigenvalue weighted by Crippen LogP contribution is -2.43. The average Bonchev–Trinajstić information content (AvgIpc) is 3.07. The first-order valence-corrected chi connectivity index (χ1v) is 12.9. The minimum Gasteiger partial charge on any atom is -0.491 e. The number of rotatable bonds is 5. The predicted octanol–water partition coefficient (Wildman–Crippen LogP) is 4.05. The van der Waals surface area contributed by atoms with Gasteiger partial charge in [0.1, 0.15) is 24.2 Å². The number of piperidine rings is 1. The molecule has 0 radical (unpaired) electrons. The van der Waals surface area contributed by atoms with Gasteiger partial charge in [0.2, 0.25) is 5.91 Å². The Hall–Kier alpha value is -2.64. The summed E-state index contributed by atoms with van der Waals surface area (Å²) in [6.07, 6.45) is 7.37. The van der Waals surface area contributed by atoms with E-state index in [0.717, 1.165) is 62.4 Å². The molecule has 1 amide bonds. The molecule has 0 N–H and O–H groups in total. The Bertz CT molecular complexity index is 1000. The molecule has 1 aromatic heterocycles. The van der Waals surface area contributed by atoms with Gasteiger partial charge in [-0.2, -0.15) is 0 Å². The number of ether oxygens (including phenoxy) is 3. The number of likely N-dealkylation sites (tertiary alicyclic amines) is 1. The molecule has 7 nitrogen and oxygen atoms in total. The number of pyridine rings is 1. The highest BCUT2D eigenvalue weighted by Crippen LogP contribution is 2.32. The van der Waals surface area contributed by atoms with Crippen LogP contribution in [0.4, 0.5) is 0 Å². The SMILES string of the molecule is CC1(C)CC(C(=O)N2CCOc3ccc(CN4CCC(Oc5cccnc5)CC4)cc3C2)CCO1. The second-order valence-corrected chi connectivity index (χ2v) is 10.6. The quantitative estimate of drug-likeness (QED) is 0.645. The van der Waals surface area contributed by atoms with E-state index in [1.54, 1.807) is 12.4 Å². The fourth-order valence-corrected chi connectivity index (χ4v) is 5.49. The molecule has 35 heavy (non-hydrogen) atoms. The molecular weight excluding hydrogens is 442 g/mol. The molecule has 2 fully saturated rings. The molecule has 1 aromatic carbocycles. The van der Waals surface area contributed by atoms with Gasteiger partial charge in [0.05, 0.1) is 18.3 Å². The summed E-state index contributed by atoms with van der Waals surface area (Å²) in [5, 5.41) is 0. The topological polar surface area (TPSA) is 64.1 Å². The maximum Gasteiger partial charge on any atom is 0.226 e. The molecule has 7 heteroatoms. The summed E-state index contributed by atoms with van der Waals surface area (Å²) in [6, 6.07) is 10.3. The third-order valence-corrected chi connectivity index (χ3v) is 7.34. The molecule has 188 valence electrons. The van der Waals surface area contributed by atoms with Crippen molar-refractivity contribution in [3.8, 4) is 11.5 Å². The van der Waals surface area contributed by atoms with E-state index in [9.17, 15) is 4.79 Å². The van der Waals surface area contributed by atoms with Gasteiger partial charge in [-0.3, -0.25) is 14.7 Å². The maximum atomic E-state index is 13.4. The number of amides is 1. The third-order valence-electron chi connectivity index (χ3n) is 7.34. The first-order chi connectivity index (χ1) is 16.9. The van der Waals surface area contributed by atoms with Crippen molar-refractivity contribution in [2.24, 2.45) is 5.92 Å². The zero-order valence-electron chi connectivity index (χ0n) is 20.9. The largest absolute Gasteiger partial charge is 0.491 e. The Labute approximate surface area is 208 Å². The molecule has 4 heterocycles. The van der Waals surface area contributed by atoms with Gasteiger partial charge in [0.15, 0.2) is 0 Å². The first-order valence-electron chi connectivity index (χ1n) is 12.9. The molecule has 1 unspecified atom stereocenters. The Morgan fingerprint density at radius 3 is 2.77 bits per heavy atom. The number of carbonyl (C=O) groups excluding carboxylic acids is 1.